The summed E-state index contributed by atoms with van der Waals surface area (Å²) in [6.45, 7) is 4.83. The molecule has 0 fully saturated rings. The van der Waals surface area contributed by atoms with Gasteiger partial charge >= 0.3 is 0 Å². The lowest BCUT2D eigenvalue weighted by molar-refractivity contribution is 0.357. The molecule has 0 saturated heterocycles. The molecule has 0 aliphatic carbocycles. The lowest BCUT2D eigenvalue weighted by Gasteiger charge is -2.12. The minimum Gasteiger partial charge on any atom is -0.493 e. The van der Waals surface area contributed by atoms with Crippen molar-refractivity contribution in [3.63, 3.8) is 0 Å². The van der Waals surface area contributed by atoms with Gasteiger partial charge in [-0.1, -0.05) is 30.7 Å². The molecule has 1 aliphatic rings. The van der Waals surface area contributed by atoms with E-state index in [0.29, 0.717) is 0 Å². The number of benzene rings is 2. The van der Waals surface area contributed by atoms with Gasteiger partial charge in [0.2, 0.25) is 0 Å². The number of rotatable bonds is 5. The minimum atomic E-state index is 0.788. The summed E-state index contributed by atoms with van der Waals surface area (Å²) in [5.41, 5.74) is 5.03. The van der Waals surface area contributed by atoms with Gasteiger partial charge in [-0.2, -0.15) is 0 Å². The van der Waals surface area contributed by atoms with E-state index in [1.807, 2.05) is 6.07 Å². The fraction of sp³-hybridized carbons (Fsp3) is 0.333. The van der Waals surface area contributed by atoms with Crippen molar-refractivity contribution in [3.05, 3.63) is 52.5 Å². The number of nitrogens with one attached hydrogen (secondary N) is 1. The van der Waals surface area contributed by atoms with E-state index in [0.717, 1.165) is 43.3 Å². The molecule has 1 N–H and O–H groups in total. The molecule has 2 aromatic carbocycles. The van der Waals surface area contributed by atoms with Crippen LogP contribution in [0, 0.1) is 0 Å². The molecule has 0 bridgehead atoms. The van der Waals surface area contributed by atoms with Crippen molar-refractivity contribution in [2.75, 3.05) is 13.2 Å². The third kappa shape index (κ3) is 3.22. The van der Waals surface area contributed by atoms with E-state index < -0.39 is 0 Å². The predicted octanol–water partition coefficient (Wildman–Crippen LogP) is 4.44. The molecule has 0 atom stereocenters. The fourth-order valence-corrected chi connectivity index (χ4v) is 2.94. The van der Waals surface area contributed by atoms with Crippen molar-refractivity contribution in [3.8, 4) is 16.9 Å². The van der Waals surface area contributed by atoms with Crippen LogP contribution in [0.4, 0.5) is 0 Å². The average Bonchev–Trinajstić information content (AvgIpc) is 2.95. The lowest BCUT2D eigenvalue weighted by Crippen LogP contribution is -2.14. The molecule has 0 unspecified atom stereocenters. The maximum absolute atomic E-state index is 6.16. The number of hydrogen-bond donors (Lipinski definition) is 1. The van der Waals surface area contributed by atoms with E-state index in [1.165, 1.54) is 22.3 Å². The monoisotopic (exact) mass is 301 g/mol. The Morgan fingerprint density at radius 1 is 1.19 bits per heavy atom. The molecule has 2 nitrogen and oxygen atoms in total. The zero-order chi connectivity index (χ0) is 14.7. The molecule has 0 aromatic heterocycles. The quantitative estimate of drug-likeness (QED) is 0.824. The summed E-state index contributed by atoms with van der Waals surface area (Å²) in [6, 6.07) is 12.6. The van der Waals surface area contributed by atoms with Crippen molar-refractivity contribution < 1.29 is 4.74 Å². The normalized spacial score (nSPS) is 13.0. The van der Waals surface area contributed by atoms with E-state index in [1.54, 1.807) is 0 Å². The highest BCUT2D eigenvalue weighted by molar-refractivity contribution is 6.30. The van der Waals surface area contributed by atoms with Gasteiger partial charge in [-0.05, 0) is 59.5 Å². The van der Waals surface area contributed by atoms with E-state index in [4.69, 9.17) is 16.3 Å². The second-order valence-corrected chi connectivity index (χ2v) is 5.84. The second kappa shape index (κ2) is 6.50. The topological polar surface area (TPSA) is 21.3 Å². The highest BCUT2D eigenvalue weighted by Crippen LogP contribution is 2.33. The maximum Gasteiger partial charge on any atom is 0.122 e. The highest BCUT2D eigenvalue weighted by Gasteiger charge is 2.14. The average molecular weight is 302 g/mol. The van der Waals surface area contributed by atoms with Crippen LogP contribution in [0.15, 0.2) is 36.4 Å². The number of hydrogen-bond acceptors (Lipinski definition) is 2. The highest BCUT2D eigenvalue weighted by atomic mass is 35.5. The van der Waals surface area contributed by atoms with E-state index in [9.17, 15) is 0 Å². The summed E-state index contributed by atoms with van der Waals surface area (Å²) in [5, 5.41) is 4.25. The van der Waals surface area contributed by atoms with E-state index in [2.05, 4.69) is 42.6 Å². The van der Waals surface area contributed by atoms with Gasteiger partial charge in [-0.15, -0.1) is 0 Å². The van der Waals surface area contributed by atoms with Crippen molar-refractivity contribution >= 4 is 11.6 Å². The number of ether oxygens (including phenoxy) is 1. The van der Waals surface area contributed by atoms with Gasteiger partial charge in [0.15, 0.2) is 0 Å². The molecule has 110 valence electrons. The van der Waals surface area contributed by atoms with Gasteiger partial charge in [-0.25, -0.2) is 0 Å². The first-order chi connectivity index (χ1) is 10.3. The Hall–Kier alpha value is -1.51. The molecule has 0 spiro atoms. The van der Waals surface area contributed by atoms with E-state index in [-0.39, 0.29) is 0 Å². The molecule has 21 heavy (non-hydrogen) atoms. The van der Waals surface area contributed by atoms with Gasteiger partial charge in [0, 0.05) is 18.0 Å². The summed E-state index contributed by atoms with van der Waals surface area (Å²) < 4.78 is 5.58. The van der Waals surface area contributed by atoms with Crippen LogP contribution < -0.4 is 10.1 Å². The molecule has 2 aromatic rings. The summed E-state index contributed by atoms with van der Waals surface area (Å²) in [4.78, 5) is 0. The van der Waals surface area contributed by atoms with Crippen molar-refractivity contribution in [2.45, 2.75) is 26.3 Å². The fourth-order valence-electron chi connectivity index (χ4n) is 2.74. The van der Waals surface area contributed by atoms with Crippen LogP contribution in [0.25, 0.3) is 11.1 Å². The van der Waals surface area contributed by atoms with E-state index >= 15 is 0 Å². The van der Waals surface area contributed by atoms with Crippen LogP contribution >= 0.6 is 11.6 Å². The first kappa shape index (κ1) is 14.4. The van der Waals surface area contributed by atoms with Gasteiger partial charge in [0.1, 0.15) is 5.75 Å². The van der Waals surface area contributed by atoms with Crippen LogP contribution in [-0.4, -0.2) is 13.2 Å². The molecular formula is C18H20ClNO. The molecule has 0 amide bonds. The van der Waals surface area contributed by atoms with Crippen molar-refractivity contribution in [1.82, 2.24) is 5.32 Å². The first-order valence-corrected chi connectivity index (χ1v) is 7.91. The van der Waals surface area contributed by atoms with Crippen LogP contribution in [0.3, 0.4) is 0 Å². The van der Waals surface area contributed by atoms with Crippen LogP contribution in [0.2, 0.25) is 5.02 Å². The molecule has 3 heteroatoms. The molecule has 1 heterocycles. The van der Waals surface area contributed by atoms with Gasteiger partial charge < -0.3 is 10.1 Å². The third-order valence-electron chi connectivity index (χ3n) is 3.81. The summed E-state index contributed by atoms with van der Waals surface area (Å²) >= 11 is 6.16. The van der Waals surface area contributed by atoms with Crippen LogP contribution in [-0.2, 0) is 13.0 Å². The van der Waals surface area contributed by atoms with Gasteiger partial charge in [-0.3, -0.25) is 0 Å². The third-order valence-corrected chi connectivity index (χ3v) is 4.05. The number of fused-ring (bicyclic) bond motifs is 1. The Morgan fingerprint density at radius 3 is 2.95 bits per heavy atom. The van der Waals surface area contributed by atoms with Crippen molar-refractivity contribution in [2.24, 2.45) is 0 Å². The molecular weight excluding hydrogens is 282 g/mol. The smallest absolute Gasteiger partial charge is 0.122 e. The first-order valence-electron chi connectivity index (χ1n) is 7.53. The lowest BCUT2D eigenvalue weighted by atomic mass is 9.97. The van der Waals surface area contributed by atoms with Crippen LogP contribution in [0.1, 0.15) is 24.5 Å². The summed E-state index contributed by atoms with van der Waals surface area (Å²) in [5.74, 6) is 1.03. The standard InChI is InChI=1S/C18H20ClNO/c1-2-8-20-12-15-11-16(19)4-5-17(15)13-3-6-18-14(10-13)7-9-21-18/h3-6,10-11,20H,2,7-9,12H2,1H3. The van der Waals surface area contributed by atoms with Gasteiger partial charge in [0.25, 0.3) is 0 Å². The SMILES string of the molecule is CCCNCc1cc(Cl)ccc1-c1ccc2c(c1)CCO2. The van der Waals surface area contributed by atoms with Crippen LogP contribution in [0.5, 0.6) is 5.75 Å². The summed E-state index contributed by atoms with van der Waals surface area (Å²) in [7, 11) is 0. The zero-order valence-corrected chi connectivity index (χ0v) is 13.0. The predicted molar refractivity (Wildman–Crippen MR) is 88.1 cm³/mol. The largest absolute Gasteiger partial charge is 0.493 e. The zero-order valence-electron chi connectivity index (χ0n) is 12.3. The Kier molecular flexibility index (Phi) is 4.47. The Bertz CT molecular complexity index is 639. The minimum absolute atomic E-state index is 0.788. The molecule has 1 aliphatic heterocycles. The summed E-state index contributed by atoms with van der Waals surface area (Å²) in [6.07, 6.45) is 2.13. The van der Waals surface area contributed by atoms with Crippen molar-refractivity contribution in [1.29, 1.82) is 0 Å². The Labute approximate surface area is 131 Å². The second-order valence-electron chi connectivity index (χ2n) is 5.40. The Morgan fingerprint density at radius 2 is 2.10 bits per heavy atom. The molecule has 0 saturated carbocycles. The molecule has 0 radical (unpaired) electrons. The number of halogens is 1. The molecule has 3 rings (SSSR count). The van der Waals surface area contributed by atoms with Gasteiger partial charge in [0.05, 0.1) is 6.61 Å². The maximum atomic E-state index is 6.16. The Balaban J connectivity index is 1.93.